The molecule has 0 amide bonds. The standard InChI is InChI=1S/C14H16N2O5/c1-4-21-8(2)14(17)11-6-9-5-10(20-3)7-12(16(18)19)13(9)15-11/h5-8,15H,4H2,1-3H3. The number of ketones is 1. The molecule has 0 radical (unpaired) electrons. The van der Waals surface area contributed by atoms with Gasteiger partial charge in [0.25, 0.3) is 5.69 Å². The number of nitro benzene ring substituents is 1. The Hall–Kier alpha value is -2.41. The summed E-state index contributed by atoms with van der Waals surface area (Å²) in [4.78, 5) is 25.6. The van der Waals surface area contributed by atoms with Crippen molar-refractivity contribution < 1.29 is 19.2 Å². The van der Waals surface area contributed by atoms with Crippen molar-refractivity contribution in [3.05, 3.63) is 34.0 Å². The number of nitro groups is 1. The third kappa shape index (κ3) is 2.87. The van der Waals surface area contributed by atoms with Gasteiger partial charge < -0.3 is 14.5 Å². The van der Waals surface area contributed by atoms with Gasteiger partial charge in [0.15, 0.2) is 0 Å². The van der Waals surface area contributed by atoms with E-state index in [4.69, 9.17) is 9.47 Å². The molecule has 1 atom stereocenters. The fourth-order valence-corrected chi connectivity index (χ4v) is 2.14. The van der Waals surface area contributed by atoms with Crippen LogP contribution in [-0.4, -0.2) is 35.5 Å². The molecule has 7 heteroatoms. The van der Waals surface area contributed by atoms with Crippen LogP contribution in [0.2, 0.25) is 0 Å². The van der Waals surface area contributed by atoms with Gasteiger partial charge in [-0.1, -0.05) is 0 Å². The van der Waals surface area contributed by atoms with E-state index in [1.165, 1.54) is 13.2 Å². The summed E-state index contributed by atoms with van der Waals surface area (Å²) in [5, 5.41) is 11.7. The number of nitrogens with one attached hydrogen (secondary N) is 1. The first-order valence-corrected chi connectivity index (χ1v) is 6.48. The van der Waals surface area contributed by atoms with Crippen molar-refractivity contribution in [3.63, 3.8) is 0 Å². The summed E-state index contributed by atoms with van der Waals surface area (Å²) in [7, 11) is 1.43. The van der Waals surface area contributed by atoms with E-state index in [0.29, 0.717) is 23.3 Å². The summed E-state index contributed by atoms with van der Waals surface area (Å²) >= 11 is 0. The second-order valence-corrected chi connectivity index (χ2v) is 4.51. The van der Waals surface area contributed by atoms with Gasteiger partial charge in [-0.15, -0.1) is 0 Å². The molecule has 21 heavy (non-hydrogen) atoms. The van der Waals surface area contributed by atoms with Crippen LogP contribution in [-0.2, 0) is 4.74 Å². The molecule has 0 aliphatic heterocycles. The maximum atomic E-state index is 12.2. The van der Waals surface area contributed by atoms with E-state index >= 15 is 0 Å². The van der Waals surface area contributed by atoms with Gasteiger partial charge in [0, 0.05) is 12.0 Å². The van der Waals surface area contributed by atoms with Crippen molar-refractivity contribution in [1.29, 1.82) is 0 Å². The Morgan fingerprint density at radius 2 is 2.14 bits per heavy atom. The molecule has 1 aromatic heterocycles. The highest BCUT2D eigenvalue weighted by Gasteiger charge is 2.22. The Morgan fingerprint density at radius 1 is 1.43 bits per heavy atom. The van der Waals surface area contributed by atoms with Gasteiger partial charge in [-0.05, 0) is 26.0 Å². The number of nitrogens with zero attached hydrogens (tertiary/aromatic N) is 1. The van der Waals surface area contributed by atoms with E-state index in [1.54, 1.807) is 26.0 Å². The molecule has 1 aromatic carbocycles. The Balaban J connectivity index is 2.52. The highest BCUT2D eigenvalue weighted by Crippen LogP contribution is 2.31. The van der Waals surface area contributed by atoms with Gasteiger partial charge in [-0.2, -0.15) is 0 Å². The molecule has 112 valence electrons. The number of rotatable bonds is 6. The number of ether oxygens (including phenoxy) is 2. The van der Waals surface area contributed by atoms with Crippen LogP contribution in [0, 0.1) is 10.1 Å². The van der Waals surface area contributed by atoms with E-state index in [-0.39, 0.29) is 17.2 Å². The van der Waals surface area contributed by atoms with Crippen molar-refractivity contribution in [3.8, 4) is 5.75 Å². The number of methoxy groups -OCH3 is 1. The van der Waals surface area contributed by atoms with Crippen molar-refractivity contribution in [2.45, 2.75) is 20.0 Å². The number of benzene rings is 1. The molecule has 2 rings (SSSR count). The molecular weight excluding hydrogens is 276 g/mol. The lowest BCUT2D eigenvalue weighted by Crippen LogP contribution is -2.21. The van der Waals surface area contributed by atoms with Crippen LogP contribution in [0.4, 0.5) is 5.69 Å². The molecule has 0 saturated heterocycles. The number of aromatic nitrogens is 1. The first-order chi connectivity index (χ1) is 9.97. The first kappa shape index (κ1) is 15.0. The number of fused-ring (bicyclic) bond motifs is 1. The molecule has 0 fully saturated rings. The minimum Gasteiger partial charge on any atom is -0.496 e. The predicted octanol–water partition coefficient (Wildman–Crippen LogP) is 2.69. The molecule has 1 heterocycles. The van der Waals surface area contributed by atoms with Gasteiger partial charge in [0.1, 0.15) is 17.4 Å². The molecule has 0 saturated carbocycles. The van der Waals surface area contributed by atoms with Gasteiger partial charge in [-0.3, -0.25) is 14.9 Å². The Labute approximate surface area is 121 Å². The Bertz CT molecular complexity index is 692. The topological polar surface area (TPSA) is 94.5 Å². The number of Topliss-reactive ketones (excluding diaryl/α,β-unsaturated/α-hetero) is 1. The zero-order chi connectivity index (χ0) is 15.6. The van der Waals surface area contributed by atoms with Crippen LogP contribution in [0.15, 0.2) is 18.2 Å². The fourth-order valence-electron chi connectivity index (χ4n) is 2.14. The second-order valence-electron chi connectivity index (χ2n) is 4.51. The third-order valence-corrected chi connectivity index (χ3v) is 3.16. The van der Waals surface area contributed by atoms with Gasteiger partial charge in [-0.25, -0.2) is 0 Å². The predicted molar refractivity (Wildman–Crippen MR) is 76.9 cm³/mol. The second kappa shape index (κ2) is 5.92. The maximum absolute atomic E-state index is 12.2. The van der Waals surface area contributed by atoms with Crippen LogP contribution in [0.3, 0.4) is 0 Å². The smallest absolute Gasteiger partial charge is 0.296 e. The van der Waals surface area contributed by atoms with Gasteiger partial charge in [0.2, 0.25) is 5.78 Å². The summed E-state index contributed by atoms with van der Waals surface area (Å²) < 4.78 is 10.3. The number of H-pyrrole nitrogens is 1. The lowest BCUT2D eigenvalue weighted by atomic mass is 10.1. The number of aromatic amines is 1. The summed E-state index contributed by atoms with van der Waals surface area (Å²) in [6.45, 7) is 3.86. The van der Waals surface area contributed by atoms with Crippen LogP contribution >= 0.6 is 0 Å². The minimum atomic E-state index is -0.607. The molecule has 1 N–H and O–H groups in total. The molecule has 0 aliphatic rings. The molecule has 7 nitrogen and oxygen atoms in total. The Morgan fingerprint density at radius 3 is 2.71 bits per heavy atom. The SMILES string of the molecule is CCOC(C)C(=O)c1cc2cc(OC)cc([N+](=O)[O-])c2[nH]1. The average Bonchev–Trinajstić information content (AvgIpc) is 2.88. The molecule has 1 unspecified atom stereocenters. The van der Waals surface area contributed by atoms with Crippen molar-refractivity contribution in [2.75, 3.05) is 13.7 Å². The number of hydrogen-bond acceptors (Lipinski definition) is 5. The van der Waals surface area contributed by atoms with Crippen molar-refractivity contribution >= 4 is 22.4 Å². The number of hydrogen-bond donors (Lipinski definition) is 1. The highest BCUT2D eigenvalue weighted by molar-refractivity contribution is 6.03. The lowest BCUT2D eigenvalue weighted by molar-refractivity contribution is -0.383. The fraction of sp³-hybridized carbons (Fsp3) is 0.357. The van der Waals surface area contributed by atoms with Crippen LogP contribution in [0.25, 0.3) is 10.9 Å². The highest BCUT2D eigenvalue weighted by atomic mass is 16.6. The zero-order valence-corrected chi connectivity index (χ0v) is 12.0. The lowest BCUT2D eigenvalue weighted by Gasteiger charge is -2.08. The quantitative estimate of drug-likeness (QED) is 0.502. The van der Waals surface area contributed by atoms with Crippen LogP contribution in [0.5, 0.6) is 5.75 Å². The summed E-state index contributed by atoms with van der Waals surface area (Å²) in [6, 6.07) is 4.53. The first-order valence-electron chi connectivity index (χ1n) is 6.48. The monoisotopic (exact) mass is 292 g/mol. The van der Waals surface area contributed by atoms with E-state index in [2.05, 4.69) is 4.98 Å². The maximum Gasteiger partial charge on any atom is 0.296 e. The largest absolute Gasteiger partial charge is 0.496 e. The minimum absolute atomic E-state index is 0.132. The molecule has 0 aliphatic carbocycles. The average molecular weight is 292 g/mol. The molecule has 0 spiro atoms. The Kier molecular flexibility index (Phi) is 4.23. The number of non-ortho nitro benzene ring substituents is 1. The van der Waals surface area contributed by atoms with E-state index in [0.717, 1.165) is 0 Å². The molecular formula is C14H16N2O5. The van der Waals surface area contributed by atoms with Gasteiger partial charge in [0.05, 0.1) is 23.8 Å². The zero-order valence-electron chi connectivity index (χ0n) is 12.0. The molecule has 2 aromatic rings. The van der Waals surface area contributed by atoms with Gasteiger partial charge >= 0.3 is 0 Å². The summed E-state index contributed by atoms with van der Waals surface area (Å²) in [6.07, 6.45) is -0.607. The summed E-state index contributed by atoms with van der Waals surface area (Å²) in [5.74, 6) is 0.117. The summed E-state index contributed by atoms with van der Waals surface area (Å²) in [5.41, 5.74) is 0.447. The normalized spacial score (nSPS) is 12.3. The van der Waals surface area contributed by atoms with Crippen molar-refractivity contribution in [1.82, 2.24) is 4.98 Å². The number of carbonyl (C=O) groups excluding carboxylic acids is 1. The van der Waals surface area contributed by atoms with Crippen LogP contribution in [0.1, 0.15) is 24.3 Å². The van der Waals surface area contributed by atoms with Crippen LogP contribution < -0.4 is 4.74 Å². The number of carbonyl (C=O) groups is 1. The third-order valence-electron chi connectivity index (χ3n) is 3.16. The molecule has 0 bridgehead atoms. The van der Waals surface area contributed by atoms with E-state index < -0.39 is 11.0 Å². The van der Waals surface area contributed by atoms with E-state index in [1.807, 2.05) is 0 Å². The van der Waals surface area contributed by atoms with E-state index in [9.17, 15) is 14.9 Å². The van der Waals surface area contributed by atoms with Crippen molar-refractivity contribution in [2.24, 2.45) is 0 Å².